The van der Waals surface area contributed by atoms with Crippen molar-refractivity contribution in [2.24, 2.45) is 0 Å². The summed E-state index contributed by atoms with van der Waals surface area (Å²) in [5.41, 5.74) is 0.443. The average molecular weight is 304 g/mol. The molecule has 0 unspecified atom stereocenters. The first-order valence-electron chi connectivity index (χ1n) is 6.52. The highest BCUT2D eigenvalue weighted by Crippen LogP contribution is 2.14. The van der Waals surface area contributed by atoms with Crippen LogP contribution in [0, 0.1) is 11.3 Å². The predicted molar refractivity (Wildman–Crippen MR) is 78.3 cm³/mol. The maximum absolute atomic E-state index is 12.2. The third-order valence-corrected chi connectivity index (χ3v) is 4.87. The monoisotopic (exact) mass is 304 g/mol. The molecule has 2 rings (SSSR count). The second kappa shape index (κ2) is 6.57. The lowest BCUT2D eigenvalue weighted by Gasteiger charge is -2.11. The molecule has 110 valence electrons. The van der Waals surface area contributed by atoms with E-state index in [1.165, 1.54) is 24.3 Å². The van der Waals surface area contributed by atoms with E-state index in [9.17, 15) is 8.42 Å². The first-order chi connectivity index (χ1) is 10.0. The number of nitrogens with one attached hydrogen (secondary N) is 1. The summed E-state index contributed by atoms with van der Waals surface area (Å²) in [5, 5.41) is 11.8. The van der Waals surface area contributed by atoms with Gasteiger partial charge in [0.1, 0.15) is 5.76 Å². The molecule has 1 atom stereocenters. The SMILES string of the molecule is C[C@@H](NCCS(=O)(=O)c1ccc(C#N)cc1)c1ccco1. The lowest BCUT2D eigenvalue weighted by atomic mass is 10.2. The number of hydrogen-bond acceptors (Lipinski definition) is 5. The number of nitrogens with zero attached hydrogens (tertiary/aromatic N) is 1. The molecule has 0 fully saturated rings. The Hall–Kier alpha value is -2.10. The van der Waals surface area contributed by atoms with E-state index in [0.717, 1.165) is 5.76 Å². The van der Waals surface area contributed by atoms with Crippen LogP contribution in [0.3, 0.4) is 0 Å². The van der Waals surface area contributed by atoms with Crippen LogP contribution in [0.2, 0.25) is 0 Å². The normalized spacial score (nSPS) is 12.8. The topological polar surface area (TPSA) is 83.1 Å². The van der Waals surface area contributed by atoms with E-state index in [1.807, 2.05) is 19.1 Å². The predicted octanol–water partition coefficient (Wildman–Crippen LogP) is 2.28. The van der Waals surface area contributed by atoms with Gasteiger partial charge in [-0.05, 0) is 43.3 Å². The summed E-state index contributed by atoms with van der Waals surface area (Å²) in [6.45, 7) is 2.23. The summed E-state index contributed by atoms with van der Waals surface area (Å²) in [4.78, 5) is 0.231. The van der Waals surface area contributed by atoms with Crippen molar-refractivity contribution in [1.29, 1.82) is 5.26 Å². The van der Waals surface area contributed by atoms with Crippen molar-refractivity contribution < 1.29 is 12.8 Å². The van der Waals surface area contributed by atoms with Crippen LogP contribution in [-0.2, 0) is 9.84 Å². The van der Waals surface area contributed by atoms with Gasteiger partial charge in [-0.2, -0.15) is 5.26 Å². The van der Waals surface area contributed by atoms with Gasteiger partial charge in [-0.15, -0.1) is 0 Å². The quantitative estimate of drug-likeness (QED) is 0.885. The first-order valence-corrected chi connectivity index (χ1v) is 8.18. The van der Waals surface area contributed by atoms with E-state index in [1.54, 1.807) is 12.3 Å². The van der Waals surface area contributed by atoms with Gasteiger partial charge in [-0.25, -0.2) is 8.42 Å². The van der Waals surface area contributed by atoms with E-state index < -0.39 is 9.84 Å². The van der Waals surface area contributed by atoms with Crippen molar-refractivity contribution in [3.8, 4) is 6.07 Å². The summed E-state index contributed by atoms with van der Waals surface area (Å²) < 4.78 is 29.6. The summed E-state index contributed by atoms with van der Waals surface area (Å²) in [5.74, 6) is 0.759. The second-order valence-corrected chi connectivity index (χ2v) is 6.76. The van der Waals surface area contributed by atoms with Crippen molar-refractivity contribution in [2.75, 3.05) is 12.3 Å². The van der Waals surface area contributed by atoms with Crippen molar-refractivity contribution in [1.82, 2.24) is 5.32 Å². The fraction of sp³-hybridized carbons (Fsp3) is 0.267. The van der Waals surface area contributed by atoms with Gasteiger partial charge < -0.3 is 9.73 Å². The van der Waals surface area contributed by atoms with Crippen molar-refractivity contribution in [3.05, 3.63) is 54.0 Å². The van der Waals surface area contributed by atoms with Gasteiger partial charge in [0.25, 0.3) is 0 Å². The number of rotatable bonds is 6. The summed E-state index contributed by atoms with van der Waals surface area (Å²) in [7, 11) is -3.35. The molecule has 0 spiro atoms. The maximum atomic E-state index is 12.2. The molecule has 0 radical (unpaired) electrons. The molecule has 0 saturated heterocycles. The molecule has 0 bridgehead atoms. The van der Waals surface area contributed by atoms with Gasteiger partial charge in [0.15, 0.2) is 9.84 Å². The fourth-order valence-electron chi connectivity index (χ4n) is 1.90. The number of sulfone groups is 1. The molecule has 1 N–H and O–H groups in total. The number of furan rings is 1. The molecule has 2 aromatic rings. The van der Waals surface area contributed by atoms with Crippen LogP contribution in [0.15, 0.2) is 52.0 Å². The van der Waals surface area contributed by atoms with Gasteiger partial charge in [-0.1, -0.05) is 0 Å². The molecule has 0 aliphatic heterocycles. The van der Waals surface area contributed by atoms with Crippen LogP contribution in [0.4, 0.5) is 0 Å². The zero-order valence-electron chi connectivity index (χ0n) is 11.6. The Balaban J connectivity index is 1.93. The van der Waals surface area contributed by atoms with Gasteiger partial charge in [0.2, 0.25) is 0 Å². The highest BCUT2D eigenvalue weighted by molar-refractivity contribution is 7.91. The van der Waals surface area contributed by atoms with Crippen molar-refractivity contribution >= 4 is 9.84 Å². The highest BCUT2D eigenvalue weighted by atomic mass is 32.2. The Morgan fingerprint density at radius 1 is 1.29 bits per heavy atom. The maximum Gasteiger partial charge on any atom is 0.179 e. The minimum absolute atomic E-state index is 0.00997. The average Bonchev–Trinajstić information content (AvgIpc) is 3.01. The third-order valence-electron chi connectivity index (χ3n) is 3.13. The molecule has 0 amide bonds. The molecule has 6 heteroatoms. The molecule has 1 aromatic carbocycles. The smallest absolute Gasteiger partial charge is 0.179 e. The van der Waals surface area contributed by atoms with Gasteiger partial charge in [-0.3, -0.25) is 0 Å². The molecule has 0 aliphatic rings. The number of benzene rings is 1. The van der Waals surface area contributed by atoms with Gasteiger partial charge in [0.05, 0.1) is 34.6 Å². The molecule has 0 saturated carbocycles. The Morgan fingerprint density at radius 2 is 2.00 bits per heavy atom. The van der Waals surface area contributed by atoms with E-state index in [0.29, 0.717) is 12.1 Å². The summed E-state index contributed by atoms with van der Waals surface area (Å²) in [6, 6.07) is 11.5. The molecule has 21 heavy (non-hydrogen) atoms. The summed E-state index contributed by atoms with van der Waals surface area (Å²) >= 11 is 0. The fourth-order valence-corrected chi connectivity index (χ4v) is 3.08. The number of nitriles is 1. The molecule has 1 heterocycles. The Kier molecular flexibility index (Phi) is 4.78. The van der Waals surface area contributed by atoms with Crippen LogP contribution >= 0.6 is 0 Å². The minimum atomic E-state index is -3.35. The molecule has 5 nitrogen and oxygen atoms in total. The van der Waals surface area contributed by atoms with Crippen LogP contribution in [0.5, 0.6) is 0 Å². The van der Waals surface area contributed by atoms with E-state index in [2.05, 4.69) is 5.32 Å². The highest BCUT2D eigenvalue weighted by Gasteiger charge is 2.15. The minimum Gasteiger partial charge on any atom is -0.468 e. The zero-order valence-corrected chi connectivity index (χ0v) is 12.4. The molecular formula is C15H16N2O3S. The third kappa shape index (κ3) is 3.94. The van der Waals surface area contributed by atoms with Gasteiger partial charge >= 0.3 is 0 Å². The summed E-state index contributed by atoms with van der Waals surface area (Å²) in [6.07, 6.45) is 1.58. The Bertz CT molecular complexity index is 713. The number of hydrogen-bond donors (Lipinski definition) is 1. The largest absolute Gasteiger partial charge is 0.468 e. The van der Waals surface area contributed by atoms with Crippen LogP contribution in [0.1, 0.15) is 24.3 Å². The molecular weight excluding hydrogens is 288 g/mol. The van der Waals surface area contributed by atoms with Crippen LogP contribution in [-0.4, -0.2) is 20.7 Å². The van der Waals surface area contributed by atoms with Crippen LogP contribution < -0.4 is 5.32 Å². The van der Waals surface area contributed by atoms with E-state index in [4.69, 9.17) is 9.68 Å². The standard InChI is InChI=1S/C15H16N2O3S/c1-12(15-3-2-9-20-15)17-8-10-21(18,19)14-6-4-13(11-16)5-7-14/h2-7,9,12,17H,8,10H2,1H3/t12-/m1/s1. The lowest BCUT2D eigenvalue weighted by molar-refractivity contribution is 0.437. The first kappa shape index (κ1) is 15.3. The molecule has 0 aliphatic carbocycles. The zero-order chi connectivity index (χ0) is 15.3. The lowest BCUT2D eigenvalue weighted by Crippen LogP contribution is -2.25. The van der Waals surface area contributed by atoms with Crippen molar-refractivity contribution in [2.45, 2.75) is 17.9 Å². The van der Waals surface area contributed by atoms with E-state index >= 15 is 0 Å². The molecule has 1 aromatic heterocycles. The Labute approximate surface area is 124 Å². The van der Waals surface area contributed by atoms with Crippen LogP contribution in [0.25, 0.3) is 0 Å². The Morgan fingerprint density at radius 3 is 2.57 bits per heavy atom. The van der Waals surface area contributed by atoms with E-state index in [-0.39, 0.29) is 16.7 Å². The van der Waals surface area contributed by atoms with Crippen molar-refractivity contribution in [3.63, 3.8) is 0 Å². The van der Waals surface area contributed by atoms with Gasteiger partial charge in [0, 0.05) is 6.54 Å². The second-order valence-electron chi connectivity index (χ2n) is 4.65.